The zero-order valence-corrected chi connectivity index (χ0v) is 10.6. The summed E-state index contributed by atoms with van der Waals surface area (Å²) in [5.74, 6) is 0.0878. The lowest BCUT2D eigenvalue weighted by Gasteiger charge is -2.27. The summed E-state index contributed by atoms with van der Waals surface area (Å²) < 4.78 is 0. The van der Waals surface area contributed by atoms with E-state index in [0.717, 1.165) is 44.9 Å². The first-order valence-electron chi connectivity index (χ1n) is 6.53. The maximum Gasteiger partial charge on any atom is 0.0593 e. The standard InChI is InChI=1S/C13H28O2/c1-4-7-10-11(12(14)8-5-2)13(15)9-6-3/h11-15H,4-10H2,1-3H3. The summed E-state index contributed by atoms with van der Waals surface area (Å²) in [6, 6.07) is 0. The molecule has 0 bridgehead atoms. The van der Waals surface area contributed by atoms with Crippen molar-refractivity contribution in [3.05, 3.63) is 0 Å². The molecule has 0 aromatic heterocycles. The van der Waals surface area contributed by atoms with Crippen LogP contribution in [0.3, 0.4) is 0 Å². The van der Waals surface area contributed by atoms with Crippen LogP contribution in [0.15, 0.2) is 0 Å². The fourth-order valence-corrected chi connectivity index (χ4v) is 2.10. The molecule has 2 atom stereocenters. The molecule has 92 valence electrons. The number of unbranched alkanes of at least 4 members (excludes halogenated alkanes) is 1. The van der Waals surface area contributed by atoms with E-state index in [0.29, 0.717) is 0 Å². The Bertz CT molecular complexity index is 124. The van der Waals surface area contributed by atoms with Gasteiger partial charge in [0.2, 0.25) is 0 Å². The van der Waals surface area contributed by atoms with Gasteiger partial charge in [-0.25, -0.2) is 0 Å². The van der Waals surface area contributed by atoms with Crippen LogP contribution in [0.1, 0.15) is 65.7 Å². The molecule has 0 aliphatic rings. The van der Waals surface area contributed by atoms with Gasteiger partial charge < -0.3 is 10.2 Å². The minimum atomic E-state index is -0.317. The van der Waals surface area contributed by atoms with Crippen molar-refractivity contribution in [3.63, 3.8) is 0 Å². The number of aliphatic hydroxyl groups is 2. The normalized spacial score (nSPS) is 17.4. The van der Waals surface area contributed by atoms with Crippen molar-refractivity contribution in [1.82, 2.24) is 0 Å². The Labute approximate surface area is 94.7 Å². The Kier molecular flexibility index (Phi) is 9.12. The highest BCUT2D eigenvalue weighted by Gasteiger charge is 2.24. The number of rotatable bonds is 9. The van der Waals surface area contributed by atoms with Gasteiger partial charge in [-0.1, -0.05) is 46.5 Å². The third kappa shape index (κ3) is 6.16. The maximum absolute atomic E-state index is 9.97. The molecular formula is C13H28O2. The lowest BCUT2D eigenvalue weighted by atomic mass is 9.86. The summed E-state index contributed by atoms with van der Waals surface area (Å²) in [4.78, 5) is 0. The van der Waals surface area contributed by atoms with Gasteiger partial charge in [0.05, 0.1) is 12.2 Å². The van der Waals surface area contributed by atoms with Gasteiger partial charge >= 0.3 is 0 Å². The minimum Gasteiger partial charge on any atom is -0.393 e. The monoisotopic (exact) mass is 216 g/mol. The van der Waals surface area contributed by atoms with Crippen LogP contribution < -0.4 is 0 Å². The molecule has 15 heavy (non-hydrogen) atoms. The van der Waals surface area contributed by atoms with Crippen LogP contribution in [0.25, 0.3) is 0 Å². The molecule has 2 nitrogen and oxygen atoms in total. The summed E-state index contributed by atoms with van der Waals surface area (Å²) in [6.45, 7) is 6.30. The van der Waals surface area contributed by atoms with Crippen LogP contribution in [0.5, 0.6) is 0 Å². The van der Waals surface area contributed by atoms with Gasteiger partial charge in [0.15, 0.2) is 0 Å². The van der Waals surface area contributed by atoms with Gasteiger partial charge in [0, 0.05) is 5.92 Å². The van der Waals surface area contributed by atoms with Crippen LogP contribution in [0, 0.1) is 5.92 Å². The smallest absolute Gasteiger partial charge is 0.0593 e. The van der Waals surface area contributed by atoms with Gasteiger partial charge in [-0.2, -0.15) is 0 Å². The van der Waals surface area contributed by atoms with E-state index in [9.17, 15) is 10.2 Å². The van der Waals surface area contributed by atoms with Crippen molar-refractivity contribution in [3.8, 4) is 0 Å². The summed E-state index contributed by atoms with van der Waals surface area (Å²) in [5, 5.41) is 19.9. The quantitative estimate of drug-likeness (QED) is 0.621. The molecule has 2 N–H and O–H groups in total. The SMILES string of the molecule is CCCCC(C(O)CCC)C(O)CCC. The average molecular weight is 216 g/mol. The lowest BCUT2D eigenvalue weighted by Crippen LogP contribution is -2.31. The van der Waals surface area contributed by atoms with Gasteiger partial charge in [0.25, 0.3) is 0 Å². The first-order valence-corrected chi connectivity index (χ1v) is 6.53. The second kappa shape index (κ2) is 9.17. The van der Waals surface area contributed by atoms with Crippen LogP contribution in [-0.4, -0.2) is 22.4 Å². The molecule has 0 spiro atoms. The van der Waals surface area contributed by atoms with E-state index in [1.807, 2.05) is 0 Å². The second-order valence-electron chi connectivity index (χ2n) is 4.52. The first kappa shape index (κ1) is 14.9. The first-order chi connectivity index (χ1) is 7.17. The number of aliphatic hydroxyl groups excluding tert-OH is 2. The molecular weight excluding hydrogens is 188 g/mol. The molecule has 0 saturated heterocycles. The average Bonchev–Trinajstić information content (AvgIpc) is 2.19. The van der Waals surface area contributed by atoms with Crippen LogP contribution in [0.2, 0.25) is 0 Å². The van der Waals surface area contributed by atoms with Crippen molar-refractivity contribution >= 4 is 0 Å². The summed E-state index contributed by atoms with van der Waals surface area (Å²) in [6.07, 6.45) is 6.17. The minimum absolute atomic E-state index is 0.0878. The van der Waals surface area contributed by atoms with Crippen molar-refractivity contribution in [2.45, 2.75) is 77.9 Å². The molecule has 2 heteroatoms. The Morgan fingerprint density at radius 2 is 1.20 bits per heavy atom. The highest BCUT2D eigenvalue weighted by Crippen LogP contribution is 2.23. The van der Waals surface area contributed by atoms with Crippen LogP contribution in [-0.2, 0) is 0 Å². The highest BCUT2D eigenvalue weighted by atomic mass is 16.3. The predicted octanol–water partition coefficient (Wildman–Crippen LogP) is 3.11. The van der Waals surface area contributed by atoms with Crippen molar-refractivity contribution in [2.75, 3.05) is 0 Å². The Balaban J connectivity index is 4.14. The fourth-order valence-electron chi connectivity index (χ4n) is 2.10. The highest BCUT2D eigenvalue weighted by molar-refractivity contribution is 4.75. The molecule has 0 rings (SSSR count). The Morgan fingerprint density at radius 1 is 0.733 bits per heavy atom. The van der Waals surface area contributed by atoms with E-state index >= 15 is 0 Å². The largest absolute Gasteiger partial charge is 0.393 e. The van der Waals surface area contributed by atoms with Crippen LogP contribution in [0.4, 0.5) is 0 Å². The number of hydrogen-bond donors (Lipinski definition) is 2. The Morgan fingerprint density at radius 3 is 1.53 bits per heavy atom. The lowest BCUT2D eigenvalue weighted by molar-refractivity contribution is -0.00138. The molecule has 0 aliphatic carbocycles. The zero-order valence-electron chi connectivity index (χ0n) is 10.6. The molecule has 0 aromatic carbocycles. The number of hydrogen-bond acceptors (Lipinski definition) is 2. The van der Waals surface area contributed by atoms with E-state index in [1.165, 1.54) is 0 Å². The third-order valence-electron chi connectivity index (χ3n) is 3.05. The molecule has 0 radical (unpaired) electrons. The van der Waals surface area contributed by atoms with Gasteiger partial charge in [0.1, 0.15) is 0 Å². The van der Waals surface area contributed by atoms with Crippen molar-refractivity contribution in [1.29, 1.82) is 0 Å². The van der Waals surface area contributed by atoms with E-state index in [4.69, 9.17) is 0 Å². The summed E-state index contributed by atoms with van der Waals surface area (Å²) in [7, 11) is 0. The molecule has 0 heterocycles. The van der Waals surface area contributed by atoms with Crippen molar-refractivity contribution in [2.24, 2.45) is 5.92 Å². The van der Waals surface area contributed by atoms with Crippen molar-refractivity contribution < 1.29 is 10.2 Å². The summed E-state index contributed by atoms with van der Waals surface area (Å²) >= 11 is 0. The zero-order chi connectivity index (χ0) is 11.7. The molecule has 0 aliphatic heterocycles. The Hall–Kier alpha value is -0.0800. The molecule has 0 amide bonds. The van der Waals surface area contributed by atoms with Gasteiger partial charge in [-0.05, 0) is 19.3 Å². The van der Waals surface area contributed by atoms with E-state index < -0.39 is 0 Å². The topological polar surface area (TPSA) is 40.5 Å². The van der Waals surface area contributed by atoms with Gasteiger partial charge in [-0.3, -0.25) is 0 Å². The van der Waals surface area contributed by atoms with E-state index in [1.54, 1.807) is 0 Å². The third-order valence-corrected chi connectivity index (χ3v) is 3.05. The maximum atomic E-state index is 9.97. The molecule has 0 fully saturated rings. The fraction of sp³-hybridized carbons (Fsp3) is 1.00. The summed E-state index contributed by atoms with van der Waals surface area (Å²) in [5.41, 5.74) is 0. The predicted molar refractivity (Wildman–Crippen MR) is 64.8 cm³/mol. The van der Waals surface area contributed by atoms with Crippen LogP contribution >= 0.6 is 0 Å². The molecule has 0 saturated carbocycles. The molecule has 2 unspecified atom stereocenters. The van der Waals surface area contributed by atoms with Gasteiger partial charge in [-0.15, -0.1) is 0 Å². The molecule has 0 aromatic rings. The van der Waals surface area contributed by atoms with E-state index in [2.05, 4.69) is 20.8 Å². The second-order valence-corrected chi connectivity index (χ2v) is 4.52. The van der Waals surface area contributed by atoms with E-state index in [-0.39, 0.29) is 18.1 Å².